The van der Waals surface area contributed by atoms with Crippen molar-refractivity contribution in [1.82, 2.24) is 5.32 Å². The van der Waals surface area contributed by atoms with Crippen LogP contribution in [-0.4, -0.2) is 24.7 Å². The number of carbonyl (C=O) groups is 1. The standard InChI is InChI=1S/C12H16BrNO3/c1-3-12(16,14-8-11(15)17-2)9-4-6-10(13)7-5-9/h4-7,14,16H,3,8H2,1-2H3. The van der Waals surface area contributed by atoms with E-state index < -0.39 is 11.7 Å². The third kappa shape index (κ3) is 3.80. The van der Waals surface area contributed by atoms with Crippen LogP contribution in [0, 0.1) is 0 Å². The molecule has 0 aliphatic carbocycles. The van der Waals surface area contributed by atoms with Gasteiger partial charge in [-0.05, 0) is 24.1 Å². The number of ether oxygens (including phenoxy) is 1. The van der Waals surface area contributed by atoms with Gasteiger partial charge in [0.1, 0.15) is 5.72 Å². The van der Waals surface area contributed by atoms with Crippen molar-refractivity contribution >= 4 is 21.9 Å². The van der Waals surface area contributed by atoms with Crippen LogP contribution in [0.5, 0.6) is 0 Å². The first kappa shape index (κ1) is 14.2. The molecular weight excluding hydrogens is 286 g/mol. The van der Waals surface area contributed by atoms with E-state index in [0.717, 1.165) is 4.47 Å². The average Bonchev–Trinajstić information content (AvgIpc) is 2.36. The Hall–Kier alpha value is -0.910. The Morgan fingerprint density at radius 1 is 1.47 bits per heavy atom. The van der Waals surface area contributed by atoms with Crippen molar-refractivity contribution < 1.29 is 14.6 Å². The fourth-order valence-electron chi connectivity index (χ4n) is 1.45. The largest absolute Gasteiger partial charge is 0.468 e. The molecule has 0 amide bonds. The van der Waals surface area contributed by atoms with E-state index in [1.807, 2.05) is 19.1 Å². The number of rotatable bonds is 5. The zero-order valence-electron chi connectivity index (χ0n) is 9.87. The van der Waals surface area contributed by atoms with E-state index in [1.165, 1.54) is 7.11 Å². The molecule has 1 aromatic carbocycles. The molecule has 0 radical (unpaired) electrons. The van der Waals surface area contributed by atoms with Gasteiger partial charge in [-0.1, -0.05) is 35.0 Å². The van der Waals surface area contributed by atoms with Crippen LogP contribution in [0.2, 0.25) is 0 Å². The molecule has 0 spiro atoms. The maximum absolute atomic E-state index is 11.1. The Morgan fingerprint density at radius 3 is 2.53 bits per heavy atom. The highest BCUT2D eigenvalue weighted by atomic mass is 79.9. The summed E-state index contributed by atoms with van der Waals surface area (Å²) >= 11 is 3.33. The van der Waals surface area contributed by atoms with Crippen LogP contribution in [0.15, 0.2) is 28.7 Å². The Kier molecular flexibility index (Phi) is 5.11. The zero-order valence-corrected chi connectivity index (χ0v) is 11.5. The molecule has 1 aromatic rings. The predicted octanol–water partition coefficient (Wildman–Crippen LogP) is 1.77. The summed E-state index contributed by atoms with van der Waals surface area (Å²) in [5.74, 6) is -0.408. The predicted molar refractivity (Wildman–Crippen MR) is 68.3 cm³/mol. The van der Waals surface area contributed by atoms with Crippen LogP contribution in [0.25, 0.3) is 0 Å². The van der Waals surface area contributed by atoms with Crippen molar-refractivity contribution in [2.45, 2.75) is 19.1 Å². The monoisotopic (exact) mass is 301 g/mol. The molecule has 0 aliphatic rings. The molecule has 1 atom stereocenters. The molecule has 0 saturated heterocycles. The van der Waals surface area contributed by atoms with Crippen molar-refractivity contribution in [3.05, 3.63) is 34.3 Å². The van der Waals surface area contributed by atoms with E-state index in [1.54, 1.807) is 12.1 Å². The molecule has 0 bridgehead atoms. The van der Waals surface area contributed by atoms with E-state index in [0.29, 0.717) is 12.0 Å². The Labute approximate surface area is 109 Å². The molecule has 1 rings (SSSR count). The van der Waals surface area contributed by atoms with Gasteiger partial charge in [0.2, 0.25) is 0 Å². The second-order valence-corrected chi connectivity index (χ2v) is 4.57. The first-order valence-electron chi connectivity index (χ1n) is 5.32. The van der Waals surface area contributed by atoms with E-state index in [2.05, 4.69) is 26.0 Å². The molecule has 5 heteroatoms. The number of nitrogens with one attached hydrogen (secondary N) is 1. The first-order valence-corrected chi connectivity index (χ1v) is 6.11. The molecular formula is C12H16BrNO3. The second-order valence-electron chi connectivity index (χ2n) is 3.65. The van der Waals surface area contributed by atoms with Gasteiger partial charge in [-0.3, -0.25) is 10.1 Å². The molecule has 0 saturated carbocycles. The quantitative estimate of drug-likeness (QED) is 0.643. The molecule has 0 heterocycles. The minimum Gasteiger partial charge on any atom is -0.468 e. The number of esters is 1. The van der Waals surface area contributed by atoms with Crippen LogP contribution < -0.4 is 5.32 Å². The Bertz CT molecular complexity index is 380. The van der Waals surface area contributed by atoms with Crippen molar-refractivity contribution in [3.8, 4) is 0 Å². The maximum Gasteiger partial charge on any atom is 0.319 e. The van der Waals surface area contributed by atoms with E-state index in [-0.39, 0.29) is 6.54 Å². The van der Waals surface area contributed by atoms with Crippen LogP contribution in [0.1, 0.15) is 18.9 Å². The van der Waals surface area contributed by atoms with Crippen LogP contribution in [0.4, 0.5) is 0 Å². The van der Waals surface area contributed by atoms with E-state index in [4.69, 9.17) is 0 Å². The van der Waals surface area contributed by atoms with Crippen LogP contribution >= 0.6 is 15.9 Å². The fraction of sp³-hybridized carbons (Fsp3) is 0.417. The van der Waals surface area contributed by atoms with Gasteiger partial charge in [0.25, 0.3) is 0 Å². The smallest absolute Gasteiger partial charge is 0.319 e. The summed E-state index contributed by atoms with van der Waals surface area (Å²) in [6, 6.07) is 7.29. The summed E-state index contributed by atoms with van der Waals surface area (Å²) in [5.41, 5.74) is -0.498. The summed E-state index contributed by atoms with van der Waals surface area (Å²) in [7, 11) is 1.31. The van der Waals surface area contributed by atoms with Crippen LogP contribution in [-0.2, 0) is 15.3 Å². The molecule has 0 aliphatic heterocycles. The van der Waals surface area contributed by atoms with Gasteiger partial charge in [-0.25, -0.2) is 0 Å². The van der Waals surface area contributed by atoms with E-state index >= 15 is 0 Å². The molecule has 0 aromatic heterocycles. The molecule has 2 N–H and O–H groups in total. The van der Waals surface area contributed by atoms with Gasteiger partial charge in [0, 0.05) is 4.47 Å². The number of aliphatic hydroxyl groups is 1. The average molecular weight is 302 g/mol. The fourth-order valence-corrected chi connectivity index (χ4v) is 1.71. The lowest BCUT2D eigenvalue weighted by molar-refractivity contribution is -0.141. The van der Waals surface area contributed by atoms with Crippen molar-refractivity contribution in [3.63, 3.8) is 0 Å². The van der Waals surface area contributed by atoms with Gasteiger partial charge in [0.15, 0.2) is 0 Å². The van der Waals surface area contributed by atoms with E-state index in [9.17, 15) is 9.90 Å². The van der Waals surface area contributed by atoms with Gasteiger partial charge < -0.3 is 9.84 Å². The lowest BCUT2D eigenvalue weighted by atomic mass is 10.0. The second kappa shape index (κ2) is 6.14. The third-order valence-electron chi connectivity index (χ3n) is 2.59. The number of halogens is 1. The highest BCUT2D eigenvalue weighted by molar-refractivity contribution is 9.10. The highest BCUT2D eigenvalue weighted by Crippen LogP contribution is 2.23. The molecule has 4 nitrogen and oxygen atoms in total. The van der Waals surface area contributed by atoms with Crippen LogP contribution in [0.3, 0.4) is 0 Å². The minimum absolute atomic E-state index is 0.0308. The summed E-state index contributed by atoms with van der Waals surface area (Å²) in [5, 5.41) is 13.2. The van der Waals surface area contributed by atoms with Crippen molar-refractivity contribution in [2.75, 3.05) is 13.7 Å². The molecule has 17 heavy (non-hydrogen) atoms. The summed E-state index contributed by atoms with van der Waals surface area (Å²) < 4.78 is 5.46. The summed E-state index contributed by atoms with van der Waals surface area (Å²) in [6.07, 6.45) is 0.450. The number of hydrogen-bond donors (Lipinski definition) is 2. The Morgan fingerprint density at radius 2 is 2.06 bits per heavy atom. The number of carbonyl (C=O) groups excluding carboxylic acids is 1. The molecule has 94 valence electrons. The topological polar surface area (TPSA) is 58.6 Å². The van der Waals surface area contributed by atoms with Gasteiger partial charge in [-0.2, -0.15) is 0 Å². The third-order valence-corrected chi connectivity index (χ3v) is 3.11. The van der Waals surface area contributed by atoms with Crippen molar-refractivity contribution in [2.24, 2.45) is 0 Å². The van der Waals surface area contributed by atoms with Crippen molar-refractivity contribution in [1.29, 1.82) is 0 Å². The van der Waals surface area contributed by atoms with Gasteiger partial charge in [-0.15, -0.1) is 0 Å². The maximum atomic E-state index is 11.1. The lowest BCUT2D eigenvalue weighted by Gasteiger charge is -2.28. The normalized spacial score (nSPS) is 14.1. The minimum atomic E-state index is -1.21. The number of hydrogen-bond acceptors (Lipinski definition) is 4. The Balaban J connectivity index is 2.80. The van der Waals surface area contributed by atoms with Gasteiger partial charge in [0.05, 0.1) is 13.7 Å². The highest BCUT2D eigenvalue weighted by Gasteiger charge is 2.27. The molecule has 1 unspecified atom stereocenters. The summed E-state index contributed by atoms with van der Waals surface area (Å²) in [6.45, 7) is 1.81. The SMILES string of the molecule is CCC(O)(NCC(=O)OC)c1ccc(Br)cc1. The lowest BCUT2D eigenvalue weighted by Crippen LogP contribution is -2.44. The number of benzene rings is 1. The zero-order chi connectivity index (χ0) is 12.9. The first-order chi connectivity index (χ1) is 8.01. The van der Waals surface area contributed by atoms with Gasteiger partial charge >= 0.3 is 5.97 Å². The number of methoxy groups -OCH3 is 1. The molecule has 0 fully saturated rings. The summed E-state index contributed by atoms with van der Waals surface area (Å²) in [4.78, 5) is 11.1.